The number of carbonyl (C=O) groups is 2. The van der Waals surface area contributed by atoms with Gasteiger partial charge in [0.1, 0.15) is 0 Å². The number of carbonyl (C=O) groups excluding carboxylic acids is 2. The van der Waals surface area contributed by atoms with Crippen LogP contribution in [0.15, 0.2) is 67.0 Å². The van der Waals surface area contributed by atoms with E-state index in [4.69, 9.17) is 11.6 Å². The highest BCUT2D eigenvalue weighted by molar-refractivity contribution is 6.31. The van der Waals surface area contributed by atoms with Gasteiger partial charge < -0.3 is 9.80 Å². The molecule has 0 atom stereocenters. The summed E-state index contributed by atoms with van der Waals surface area (Å²) in [5.41, 5.74) is 2.16. The average Bonchev–Trinajstić information content (AvgIpc) is 3.24. The summed E-state index contributed by atoms with van der Waals surface area (Å²) in [6.45, 7) is 2.56. The predicted octanol–water partition coefficient (Wildman–Crippen LogP) is 3.18. The van der Waals surface area contributed by atoms with Gasteiger partial charge in [0.25, 0.3) is 11.8 Å². The lowest BCUT2D eigenvalue weighted by molar-refractivity contribution is 0.0535. The molecule has 4 rings (SSSR count). The Bertz CT molecular complexity index is 1010. The molecule has 29 heavy (non-hydrogen) atoms. The molecule has 6 nitrogen and oxygen atoms in total. The van der Waals surface area contributed by atoms with E-state index in [2.05, 4.69) is 5.10 Å². The number of nitrogens with zero attached hydrogens (tertiary/aromatic N) is 4. The Hall–Kier alpha value is -3.12. The van der Waals surface area contributed by atoms with E-state index in [-0.39, 0.29) is 11.8 Å². The fourth-order valence-corrected chi connectivity index (χ4v) is 3.62. The zero-order valence-electron chi connectivity index (χ0n) is 15.9. The summed E-state index contributed by atoms with van der Waals surface area (Å²) >= 11 is 6.20. The van der Waals surface area contributed by atoms with Crippen LogP contribution in [0, 0.1) is 0 Å². The monoisotopic (exact) mass is 408 g/mol. The number of benzene rings is 2. The second-order valence-corrected chi connectivity index (χ2v) is 7.38. The van der Waals surface area contributed by atoms with E-state index in [1.807, 2.05) is 54.6 Å². The number of amides is 2. The Morgan fingerprint density at radius 3 is 2.07 bits per heavy atom. The van der Waals surface area contributed by atoms with E-state index < -0.39 is 0 Å². The molecular weight excluding hydrogens is 388 g/mol. The van der Waals surface area contributed by atoms with Crippen LogP contribution >= 0.6 is 11.6 Å². The standard InChI is InChI=1S/C22H21ClN4O2/c23-20-9-5-4-8-18(20)15-27-16-19(14-24-27)22(29)26-12-10-25(11-13-26)21(28)17-6-2-1-3-7-17/h1-9,14,16H,10-13,15H2. The summed E-state index contributed by atoms with van der Waals surface area (Å²) in [6.07, 6.45) is 3.33. The van der Waals surface area contributed by atoms with Gasteiger partial charge in [0.2, 0.25) is 0 Å². The smallest absolute Gasteiger partial charge is 0.257 e. The number of aromatic nitrogens is 2. The zero-order chi connectivity index (χ0) is 20.2. The molecule has 2 amide bonds. The van der Waals surface area contributed by atoms with Crippen molar-refractivity contribution in [2.24, 2.45) is 0 Å². The first kappa shape index (κ1) is 19.2. The molecule has 1 saturated heterocycles. The largest absolute Gasteiger partial charge is 0.335 e. The van der Waals surface area contributed by atoms with Gasteiger partial charge in [0.15, 0.2) is 0 Å². The van der Waals surface area contributed by atoms with Crippen molar-refractivity contribution >= 4 is 23.4 Å². The number of hydrogen-bond acceptors (Lipinski definition) is 3. The normalized spacial score (nSPS) is 14.1. The van der Waals surface area contributed by atoms with Crippen molar-refractivity contribution in [3.05, 3.63) is 88.7 Å². The maximum absolute atomic E-state index is 12.8. The molecule has 1 aromatic heterocycles. The summed E-state index contributed by atoms with van der Waals surface area (Å²) in [6, 6.07) is 16.8. The molecule has 1 fully saturated rings. The molecule has 0 saturated carbocycles. The van der Waals surface area contributed by atoms with Gasteiger partial charge in [-0.2, -0.15) is 5.10 Å². The Labute approximate surface area is 174 Å². The molecule has 0 spiro atoms. The minimum Gasteiger partial charge on any atom is -0.335 e. The fourth-order valence-electron chi connectivity index (χ4n) is 3.42. The fraction of sp³-hybridized carbons (Fsp3) is 0.227. The van der Waals surface area contributed by atoms with Crippen molar-refractivity contribution in [1.29, 1.82) is 0 Å². The summed E-state index contributed by atoms with van der Waals surface area (Å²) in [5.74, 6) is -0.0625. The molecule has 0 aliphatic carbocycles. The first-order chi connectivity index (χ1) is 14.1. The van der Waals surface area contributed by atoms with Crippen LogP contribution in [0.1, 0.15) is 26.3 Å². The molecule has 3 aromatic rings. The van der Waals surface area contributed by atoms with Crippen LogP contribution in [0.4, 0.5) is 0 Å². The first-order valence-electron chi connectivity index (χ1n) is 9.51. The highest BCUT2D eigenvalue weighted by Gasteiger charge is 2.26. The molecule has 1 aliphatic heterocycles. The first-order valence-corrected chi connectivity index (χ1v) is 9.89. The third kappa shape index (κ3) is 4.32. The highest BCUT2D eigenvalue weighted by Crippen LogP contribution is 2.17. The topological polar surface area (TPSA) is 58.4 Å². The summed E-state index contributed by atoms with van der Waals surface area (Å²) in [5, 5.41) is 4.97. The molecular formula is C22H21ClN4O2. The van der Waals surface area contributed by atoms with Gasteiger partial charge in [0, 0.05) is 43.0 Å². The van der Waals surface area contributed by atoms with Crippen molar-refractivity contribution in [2.45, 2.75) is 6.54 Å². The van der Waals surface area contributed by atoms with Crippen molar-refractivity contribution < 1.29 is 9.59 Å². The van der Waals surface area contributed by atoms with Crippen LogP contribution < -0.4 is 0 Å². The highest BCUT2D eigenvalue weighted by atomic mass is 35.5. The van der Waals surface area contributed by atoms with E-state index in [0.717, 1.165) is 5.56 Å². The van der Waals surface area contributed by atoms with Crippen LogP contribution in [0.5, 0.6) is 0 Å². The minimum atomic E-state index is -0.0674. The lowest BCUT2D eigenvalue weighted by atomic mass is 10.1. The average molecular weight is 409 g/mol. The third-order valence-corrected chi connectivity index (χ3v) is 5.41. The Morgan fingerprint density at radius 2 is 1.41 bits per heavy atom. The predicted molar refractivity (Wildman–Crippen MR) is 111 cm³/mol. The van der Waals surface area contributed by atoms with Gasteiger partial charge in [0.05, 0.1) is 18.3 Å². The van der Waals surface area contributed by atoms with Crippen molar-refractivity contribution in [3.8, 4) is 0 Å². The number of hydrogen-bond donors (Lipinski definition) is 0. The molecule has 2 aromatic carbocycles. The quantitative estimate of drug-likeness (QED) is 0.666. The van der Waals surface area contributed by atoms with E-state index in [1.165, 1.54) is 0 Å². The number of rotatable bonds is 4. The number of halogens is 1. The molecule has 1 aliphatic rings. The SMILES string of the molecule is O=C(c1ccccc1)N1CCN(C(=O)c2cnn(Cc3ccccc3Cl)c2)CC1. The van der Waals surface area contributed by atoms with Gasteiger partial charge in [-0.05, 0) is 23.8 Å². The lowest BCUT2D eigenvalue weighted by Crippen LogP contribution is -2.50. The van der Waals surface area contributed by atoms with E-state index in [0.29, 0.717) is 48.9 Å². The molecule has 0 N–H and O–H groups in total. The van der Waals surface area contributed by atoms with E-state index in [1.54, 1.807) is 26.9 Å². The number of piperazine rings is 1. The Morgan fingerprint density at radius 1 is 0.828 bits per heavy atom. The van der Waals surface area contributed by atoms with Gasteiger partial charge in [-0.15, -0.1) is 0 Å². The second kappa shape index (κ2) is 8.49. The van der Waals surface area contributed by atoms with Crippen molar-refractivity contribution in [3.63, 3.8) is 0 Å². The van der Waals surface area contributed by atoms with Crippen LogP contribution in [0.25, 0.3) is 0 Å². The summed E-state index contributed by atoms with van der Waals surface area (Å²) < 4.78 is 1.71. The Kier molecular flexibility index (Phi) is 5.62. The van der Waals surface area contributed by atoms with Crippen molar-refractivity contribution in [2.75, 3.05) is 26.2 Å². The maximum Gasteiger partial charge on any atom is 0.257 e. The van der Waals surface area contributed by atoms with Crippen LogP contribution in [-0.4, -0.2) is 57.6 Å². The molecule has 2 heterocycles. The van der Waals surface area contributed by atoms with Crippen LogP contribution in [0.2, 0.25) is 5.02 Å². The lowest BCUT2D eigenvalue weighted by Gasteiger charge is -2.34. The Balaban J connectivity index is 1.36. The maximum atomic E-state index is 12.8. The van der Waals surface area contributed by atoms with E-state index >= 15 is 0 Å². The molecule has 0 unspecified atom stereocenters. The summed E-state index contributed by atoms with van der Waals surface area (Å²) in [4.78, 5) is 28.9. The van der Waals surface area contributed by atoms with Crippen molar-refractivity contribution in [1.82, 2.24) is 19.6 Å². The third-order valence-electron chi connectivity index (χ3n) is 5.05. The second-order valence-electron chi connectivity index (χ2n) is 6.97. The molecule has 7 heteroatoms. The molecule has 0 radical (unpaired) electrons. The van der Waals surface area contributed by atoms with Crippen LogP contribution in [0.3, 0.4) is 0 Å². The van der Waals surface area contributed by atoms with Gasteiger partial charge in [-0.3, -0.25) is 14.3 Å². The minimum absolute atomic E-state index is 0.00487. The summed E-state index contributed by atoms with van der Waals surface area (Å²) in [7, 11) is 0. The van der Waals surface area contributed by atoms with Gasteiger partial charge in [-0.25, -0.2) is 0 Å². The molecule has 148 valence electrons. The van der Waals surface area contributed by atoms with Crippen LogP contribution in [-0.2, 0) is 6.54 Å². The van der Waals surface area contributed by atoms with Gasteiger partial charge in [-0.1, -0.05) is 48.0 Å². The molecule has 0 bridgehead atoms. The van der Waals surface area contributed by atoms with Gasteiger partial charge >= 0.3 is 0 Å². The zero-order valence-corrected chi connectivity index (χ0v) is 16.6. The van der Waals surface area contributed by atoms with E-state index in [9.17, 15) is 9.59 Å².